The largest absolute Gasteiger partial charge is 0.490 e. The highest BCUT2D eigenvalue weighted by atomic mass is 16.5. The lowest BCUT2D eigenvalue weighted by atomic mass is 10.0. The van der Waals surface area contributed by atoms with Crippen molar-refractivity contribution in [2.24, 2.45) is 5.92 Å². The fourth-order valence-corrected chi connectivity index (χ4v) is 2.02. The van der Waals surface area contributed by atoms with Crippen LogP contribution in [0.4, 0.5) is 0 Å². The highest BCUT2D eigenvalue weighted by molar-refractivity contribution is 5.98. The van der Waals surface area contributed by atoms with E-state index in [1.807, 2.05) is 0 Å². The van der Waals surface area contributed by atoms with Crippen LogP contribution in [0, 0.1) is 5.92 Å². The van der Waals surface area contributed by atoms with Crippen LogP contribution in [0.2, 0.25) is 0 Å². The van der Waals surface area contributed by atoms with Crippen molar-refractivity contribution in [3.05, 3.63) is 11.3 Å². The zero-order valence-corrected chi connectivity index (χ0v) is 7.43. The predicted molar refractivity (Wildman–Crippen MR) is 45.6 cm³/mol. The van der Waals surface area contributed by atoms with Gasteiger partial charge in [0.25, 0.3) is 0 Å². The van der Waals surface area contributed by atoms with Gasteiger partial charge < -0.3 is 4.74 Å². The van der Waals surface area contributed by atoms with Gasteiger partial charge in [0, 0.05) is 5.92 Å². The van der Waals surface area contributed by atoms with Crippen molar-refractivity contribution in [3.63, 3.8) is 0 Å². The molecule has 1 atom stereocenters. The van der Waals surface area contributed by atoms with Gasteiger partial charge in [-0.05, 0) is 31.3 Å². The molecule has 0 aromatic carbocycles. The van der Waals surface area contributed by atoms with E-state index in [1.54, 1.807) is 0 Å². The summed E-state index contributed by atoms with van der Waals surface area (Å²) in [6.07, 6.45) is 4.08. The molecule has 2 nitrogen and oxygen atoms in total. The zero-order valence-electron chi connectivity index (χ0n) is 7.43. The Morgan fingerprint density at radius 3 is 3.08 bits per heavy atom. The summed E-state index contributed by atoms with van der Waals surface area (Å²) >= 11 is 0. The number of ether oxygens (including phenoxy) is 1. The van der Waals surface area contributed by atoms with Crippen molar-refractivity contribution in [1.82, 2.24) is 0 Å². The molecular formula is C10H14O2. The molecule has 12 heavy (non-hydrogen) atoms. The van der Waals surface area contributed by atoms with E-state index in [-0.39, 0.29) is 11.7 Å². The van der Waals surface area contributed by atoms with Gasteiger partial charge in [-0.25, -0.2) is 0 Å². The Balaban J connectivity index is 2.20. The summed E-state index contributed by atoms with van der Waals surface area (Å²) in [6.45, 7) is 2.81. The molecular weight excluding hydrogens is 152 g/mol. The van der Waals surface area contributed by atoms with Crippen LogP contribution < -0.4 is 0 Å². The molecule has 0 saturated carbocycles. The van der Waals surface area contributed by atoms with E-state index in [0.717, 1.165) is 32.3 Å². The van der Waals surface area contributed by atoms with E-state index in [9.17, 15) is 4.79 Å². The number of ketones is 1. The molecule has 0 radical (unpaired) electrons. The molecule has 0 saturated heterocycles. The molecule has 0 aromatic heterocycles. The Bertz CT molecular complexity index is 240. The van der Waals surface area contributed by atoms with Crippen molar-refractivity contribution in [1.29, 1.82) is 0 Å². The molecule has 2 aliphatic rings. The monoisotopic (exact) mass is 166 g/mol. The molecule has 1 unspecified atom stereocenters. The standard InChI is InChI=1S/C10H14O2/c1-2-7-6-8-4-3-5-12-10(8)9(7)11/h7H,2-6H2,1H3. The average Bonchev–Trinajstić information content (AvgIpc) is 2.44. The molecule has 0 spiro atoms. The fourth-order valence-electron chi connectivity index (χ4n) is 2.02. The maximum absolute atomic E-state index is 11.6. The van der Waals surface area contributed by atoms with Gasteiger partial charge >= 0.3 is 0 Å². The third-order valence-corrected chi connectivity index (χ3v) is 2.77. The Labute approximate surface area is 72.6 Å². The highest BCUT2D eigenvalue weighted by Crippen LogP contribution is 2.35. The maximum Gasteiger partial charge on any atom is 0.200 e. The second-order valence-electron chi connectivity index (χ2n) is 3.56. The second-order valence-corrected chi connectivity index (χ2v) is 3.56. The topological polar surface area (TPSA) is 26.3 Å². The normalized spacial score (nSPS) is 28.8. The van der Waals surface area contributed by atoms with Crippen molar-refractivity contribution in [3.8, 4) is 0 Å². The molecule has 0 bridgehead atoms. The van der Waals surface area contributed by atoms with Crippen LogP contribution in [-0.2, 0) is 9.53 Å². The van der Waals surface area contributed by atoms with Crippen LogP contribution >= 0.6 is 0 Å². The first-order valence-corrected chi connectivity index (χ1v) is 4.72. The molecule has 0 N–H and O–H groups in total. The third-order valence-electron chi connectivity index (χ3n) is 2.77. The lowest BCUT2D eigenvalue weighted by molar-refractivity contribution is -0.121. The van der Waals surface area contributed by atoms with Crippen molar-refractivity contribution < 1.29 is 9.53 Å². The summed E-state index contributed by atoms with van der Waals surface area (Å²) in [6, 6.07) is 0. The van der Waals surface area contributed by atoms with Crippen LogP contribution in [0.3, 0.4) is 0 Å². The van der Waals surface area contributed by atoms with Gasteiger partial charge in [-0.1, -0.05) is 6.92 Å². The summed E-state index contributed by atoms with van der Waals surface area (Å²) < 4.78 is 5.38. The number of Topliss-reactive ketones (excluding diaryl/α,β-unsaturated/α-hetero) is 1. The molecule has 1 aliphatic carbocycles. The van der Waals surface area contributed by atoms with Gasteiger partial charge in [-0.3, -0.25) is 4.79 Å². The third kappa shape index (κ3) is 1.06. The van der Waals surface area contributed by atoms with E-state index >= 15 is 0 Å². The Kier molecular flexibility index (Phi) is 1.91. The summed E-state index contributed by atoms with van der Waals surface area (Å²) in [5.74, 6) is 1.20. The van der Waals surface area contributed by atoms with Crippen LogP contribution in [0.15, 0.2) is 11.3 Å². The van der Waals surface area contributed by atoms with Crippen LogP contribution in [0.1, 0.15) is 32.6 Å². The quantitative estimate of drug-likeness (QED) is 0.596. The predicted octanol–water partition coefficient (Wildman–Crippen LogP) is 2.05. The van der Waals surface area contributed by atoms with Gasteiger partial charge in [-0.2, -0.15) is 0 Å². The van der Waals surface area contributed by atoms with Crippen LogP contribution in [-0.4, -0.2) is 12.4 Å². The van der Waals surface area contributed by atoms with Gasteiger partial charge in [0.05, 0.1) is 6.61 Å². The molecule has 2 heteroatoms. The number of hydrogen-bond acceptors (Lipinski definition) is 2. The minimum Gasteiger partial charge on any atom is -0.490 e. The Hall–Kier alpha value is -0.790. The van der Waals surface area contributed by atoms with Gasteiger partial charge in [0.2, 0.25) is 5.78 Å². The van der Waals surface area contributed by atoms with Crippen LogP contribution in [0.5, 0.6) is 0 Å². The number of rotatable bonds is 1. The zero-order chi connectivity index (χ0) is 8.55. The molecule has 66 valence electrons. The van der Waals surface area contributed by atoms with Crippen molar-refractivity contribution in [2.75, 3.05) is 6.61 Å². The SMILES string of the molecule is CCC1CC2=C(OCCC2)C1=O. The summed E-state index contributed by atoms with van der Waals surface area (Å²) in [7, 11) is 0. The van der Waals surface area contributed by atoms with E-state index in [4.69, 9.17) is 4.74 Å². The summed E-state index contributed by atoms with van der Waals surface area (Å²) in [4.78, 5) is 11.6. The number of allylic oxidation sites excluding steroid dienone is 2. The minimum atomic E-state index is 0.230. The molecule has 0 amide bonds. The molecule has 1 aliphatic heterocycles. The van der Waals surface area contributed by atoms with E-state index in [0.29, 0.717) is 5.76 Å². The Morgan fingerprint density at radius 1 is 1.58 bits per heavy atom. The van der Waals surface area contributed by atoms with Crippen molar-refractivity contribution >= 4 is 5.78 Å². The lowest BCUT2D eigenvalue weighted by Gasteiger charge is -2.13. The molecule has 0 fully saturated rings. The van der Waals surface area contributed by atoms with E-state index < -0.39 is 0 Å². The first-order chi connectivity index (χ1) is 5.83. The summed E-state index contributed by atoms with van der Waals surface area (Å²) in [5, 5.41) is 0. The molecule has 1 heterocycles. The number of hydrogen-bond donors (Lipinski definition) is 0. The fraction of sp³-hybridized carbons (Fsp3) is 0.700. The summed E-state index contributed by atoms with van der Waals surface area (Å²) in [5.41, 5.74) is 1.28. The second kappa shape index (κ2) is 2.92. The first kappa shape index (κ1) is 7.84. The minimum absolute atomic E-state index is 0.230. The van der Waals surface area contributed by atoms with E-state index in [1.165, 1.54) is 5.57 Å². The number of carbonyl (C=O) groups is 1. The molecule has 0 aromatic rings. The van der Waals surface area contributed by atoms with Gasteiger partial charge in [0.15, 0.2) is 5.76 Å². The number of carbonyl (C=O) groups excluding carboxylic acids is 1. The highest BCUT2D eigenvalue weighted by Gasteiger charge is 2.34. The smallest absolute Gasteiger partial charge is 0.200 e. The lowest BCUT2D eigenvalue weighted by Crippen LogP contribution is -2.12. The Morgan fingerprint density at radius 2 is 2.42 bits per heavy atom. The van der Waals surface area contributed by atoms with Gasteiger partial charge in [-0.15, -0.1) is 0 Å². The first-order valence-electron chi connectivity index (χ1n) is 4.72. The maximum atomic E-state index is 11.6. The molecule has 2 rings (SSSR count). The van der Waals surface area contributed by atoms with Crippen molar-refractivity contribution in [2.45, 2.75) is 32.6 Å². The van der Waals surface area contributed by atoms with E-state index in [2.05, 4.69) is 6.92 Å². The van der Waals surface area contributed by atoms with Crippen LogP contribution in [0.25, 0.3) is 0 Å². The average molecular weight is 166 g/mol. The van der Waals surface area contributed by atoms with Gasteiger partial charge in [0.1, 0.15) is 0 Å².